The Morgan fingerprint density at radius 3 is 2.85 bits per heavy atom. The van der Waals surface area contributed by atoms with E-state index in [4.69, 9.17) is 0 Å². The summed E-state index contributed by atoms with van der Waals surface area (Å²) in [5.74, 6) is 0. The lowest BCUT2D eigenvalue weighted by Crippen LogP contribution is -2.29. The number of aryl methyl sites for hydroxylation is 1. The summed E-state index contributed by atoms with van der Waals surface area (Å²) in [5, 5.41) is 0. The Kier molecular flexibility index (Phi) is 3.41. The molecule has 0 amide bonds. The van der Waals surface area contributed by atoms with Crippen molar-refractivity contribution in [3.05, 3.63) is 31.5 Å². The summed E-state index contributed by atoms with van der Waals surface area (Å²) in [5.41, 5.74) is -0.983. The van der Waals surface area contributed by atoms with Crippen LogP contribution >= 0.6 is 15.9 Å². The Morgan fingerprint density at radius 1 is 1.54 bits per heavy atom. The Bertz CT molecular complexity index is 398. The van der Waals surface area contributed by atoms with Crippen molar-refractivity contribution in [2.45, 2.75) is 13.0 Å². The molecule has 1 N–H and O–H groups in total. The molecule has 13 heavy (non-hydrogen) atoms. The van der Waals surface area contributed by atoms with Gasteiger partial charge in [0, 0.05) is 12.7 Å². The molecule has 4 nitrogen and oxygen atoms in total. The molecule has 1 aromatic rings. The van der Waals surface area contributed by atoms with Crippen LogP contribution in [0.3, 0.4) is 0 Å². The van der Waals surface area contributed by atoms with Crippen LogP contribution in [-0.2, 0) is 6.54 Å². The molecule has 0 saturated heterocycles. The van der Waals surface area contributed by atoms with E-state index in [1.54, 1.807) is 0 Å². The van der Waals surface area contributed by atoms with Crippen molar-refractivity contribution >= 4 is 15.9 Å². The standard InChI is InChI=1S/C7H8BrFN2O2/c8-5-4-11(3-1-2-9)7(13)10-6(5)12/h4H,1-3H2,(H,10,12,13). The van der Waals surface area contributed by atoms with E-state index in [-0.39, 0.29) is 17.4 Å². The van der Waals surface area contributed by atoms with E-state index in [0.29, 0.717) is 0 Å². The van der Waals surface area contributed by atoms with Crippen LogP contribution in [0, 0.1) is 0 Å². The van der Waals surface area contributed by atoms with Gasteiger partial charge in [-0.2, -0.15) is 0 Å². The summed E-state index contributed by atoms with van der Waals surface area (Å²) < 4.78 is 13.3. The van der Waals surface area contributed by atoms with Crippen molar-refractivity contribution < 1.29 is 4.39 Å². The van der Waals surface area contributed by atoms with Crippen LogP contribution in [0.2, 0.25) is 0 Å². The van der Waals surface area contributed by atoms with Crippen molar-refractivity contribution in [3.63, 3.8) is 0 Å². The highest BCUT2D eigenvalue weighted by molar-refractivity contribution is 9.10. The SMILES string of the molecule is O=c1[nH]c(=O)n(CCCF)cc1Br. The molecule has 0 aliphatic carbocycles. The Hall–Kier alpha value is -0.910. The molecule has 0 aliphatic rings. The van der Waals surface area contributed by atoms with Crippen LogP contribution in [-0.4, -0.2) is 16.2 Å². The van der Waals surface area contributed by atoms with Gasteiger partial charge in [0.25, 0.3) is 5.56 Å². The van der Waals surface area contributed by atoms with Crippen molar-refractivity contribution in [3.8, 4) is 0 Å². The second-order valence-electron chi connectivity index (χ2n) is 2.47. The van der Waals surface area contributed by atoms with E-state index in [0.717, 1.165) is 0 Å². The molecule has 72 valence electrons. The topological polar surface area (TPSA) is 54.9 Å². The number of nitrogens with zero attached hydrogens (tertiary/aromatic N) is 1. The summed E-state index contributed by atoms with van der Waals surface area (Å²) >= 11 is 2.97. The second kappa shape index (κ2) is 4.36. The van der Waals surface area contributed by atoms with E-state index in [1.807, 2.05) is 0 Å². The van der Waals surface area contributed by atoms with Gasteiger partial charge < -0.3 is 0 Å². The maximum Gasteiger partial charge on any atom is 0.328 e. The first-order chi connectivity index (χ1) is 6.15. The molecule has 0 atom stereocenters. The van der Waals surface area contributed by atoms with Gasteiger partial charge in [-0.25, -0.2) is 4.79 Å². The lowest BCUT2D eigenvalue weighted by atomic mass is 10.4. The molecule has 1 heterocycles. The van der Waals surface area contributed by atoms with E-state index in [2.05, 4.69) is 20.9 Å². The Morgan fingerprint density at radius 2 is 2.23 bits per heavy atom. The van der Waals surface area contributed by atoms with Crippen molar-refractivity contribution in [2.75, 3.05) is 6.67 Å². The highest BCUT2D eigenvalue weighted by atomic mass is 79.9. The number of rotatable bonds is 3. The highest BCUT2D eigenvalue weighted by Gasteiger charge is 2.00. The van der Waals surface area contributed by atoms with E-state index >= 15 is 0 Å². The van der Waals surface area contributed by atoms with Gasteiger partial charge in [-0.3, -0.25) is 18.7 Å². The number of hydrogen-bond donors (Lipinski definition) is 1. The normalized spacial score (nSPS) is 10.3. The summed E-state index contributed by atoms with van der Waals surface area (Å²) in [6, 6.07) is 0. The molecule has 0 radical (unpaired) electrons. The third-order valence-electron chi connectivity index (χ3n) is 1.50. The maximum absolute atomic E-state index is 11.8. The first-order valence-corrected chi connectivity index (χ1v) is 4.49. The van der Waals surface area contributed by atoms with Crippen molar-refractivity contribution in [1.29, 1.82) is 0 Å². The maximum atomic E-state index is 11.8. The predicted molar refractivity (Wildman–Crippen MR) is 49.6 cm³/mol. The first kappa shape index (κ1) is 10.2. The molecular formula is C7H8BrFN2O2. The first-order valence-electron chi connectivity index (χ1n) is 3.70. The smallest absolute Gasteiger partial charge is 0.299 e. The minimum Gasteiger partial charge on any atom is -0.299 e. The number of alkyl halides is 1. The number of nitrogens with one attached hydrogen (secondary N) is 1. The lowest BCUT2D eigenvalue weighted by Gasteiger charge is -2.02. The average molecular weight is 251 g/mol. The summed E-state index contributed by atoms with van der Waals surface area (Å²) in [7, 11) is 0. The summed E-state index contributed by atoms with van der Waals surface area (Å²) in [4.78, 5) is 24.0. The van der Waals surface area contributed by atoms with Crippen LogP contribution < -0.4 is 11.2 Å². The van der Waals surface area contributed by atoms with Gasteiger partial charge in [0.2, 0.25) is 0 Å². The zero-order valence-corrected chi connectivity index (χ0v) is 8.30. The fourth-order valence-electron chi connectivity index (χ4n) is 0.879. The molecule has 0 aromatic carbocycles. The molecule has 0 saturated carbocycles. The molecule has 0 fully saturated rings. The zero-order chi connectivity index (χ0) is 9.84. The van der Waals surface area contributed by atoms with Crippen molar-refractivity contribution in [2.24, 2.45) is 0 Å². The monoisotopic (exact) mass is 250 g/mol. The van der Waals surface area contributed by atoms with Gasteiger partial charge >= 0.3 is 5.69 Å². The second-order valence-corrected chi connectivity index (χ2v) is 3.33. The molecule has 0 aliphatic heterocycles. The predicted octanol–water partition coefficient (Wildman–Crippen LogP) is 0.659. The number of aromatic nitrogens is 2. The minimum absolute atomic E-state index is 0.262. The number of halogens is 2. The van der Waals surface area contributed by atoms with Crippen LogP contribution in [0.4, 0.5) is 4.39 Å². The van der Waals surface area contributed by atoms with Gasteiger partial charge in [-0.15, -0.1) is 0 Å². The Labute approximate surface area is 81.5 Å². The van der Waals surface area contributed by atoms with Gasteiger partial charge in [0.05, 0.1) is 11.1 Å². The molecule has 6 heteroatoms. The molecule has 0 unspecified atom stereocenters. The minimum atomic E-state index is -0.512. The van der Waals surface area contributed by atoms with Gasteiger partial charge in [0.15, 0.2) is 0 Å². The third-order valence-corrected chi connectivity index (χ3v) is 2.06. The van der Waals surface area contributed by atoms with Crippen LogP contribution in [0.5, 0.6) is 0 Å². The molecule has 0 spiro atoms. The van der Waals surface area contributed by atoms with E-state index in [1.165, 1.54) is 10.8 Å². The van der Waals surface area contributed by atoms with Crippen molar-refractivity contribution in [1.82, 2.24) is 9.55 Å². The number of aromatic amines is 1. The molecule has 1 rings (SSSR count). The summed E-state index contributed by atoms with van der Waals surface area (Å²) in [6.45, 7) is -0.214. The average Bonchev–Trinajstić information content (AvgIpc) is 2.09. The molecule has 1 aromatic heterocycles. The van der Waals surface area contributed by atoms with E-state index in [9.17, 15) is 14.0 Å². The highest BCUT2D eigenvalue weighted by Crippen LogP contribution is 1.98. The third kappa shape index (κ3) is 2.51. The largest absolute Gasteiger partial charge is 0.328 e. The molecular weight excluding hydrogens is 243 g/mol. The fraction of sp³-hybridized carbons (Fsp3) is 0.429. The number of H-pyrrole nitrogens is 1. The van der Waals surface area contributed by atoms with Gasteiger partial charge in [-0.1, -0.05) is 0 Å². The van der Waals surface area contributed by atoms with Crippen LogP contribution in [0.25, 0.3) is 0 Å². The Balaban J connectivity index is 3.02. The van der Waals surface area contributed by atoms with Crippen LogP contribution in [0.15, 0.2) is 20.3 Å². The van der Waals surface area contributed by atoms with E-state index < -0.39 is 17.9 Å². The van der Waals surface area contributed by atoms with Gasteiger partial charge in [0.1, 0.15) is 0 Å². The van der Waals surface area contributed by atoms with Crippen LogP contribution in [0.1, 0.15) is 6.42 Å². The number of hydrogen-bond acceptors (Lipinski definition) is 2. The molecule has 0 bridgehead atoms. The fourth-order valence-corrected chi connectivity index (χ4v) is 1.23. The summed E-state index contributed by atoms with van der Waals surface area (Å²) in [6.07, 6.45) is 1.62. The zero-order valence-electron chi connectivity index (χ0n) is 6.72. The van der Waals surface area contributed by atoms with Gasteiger partial charge in [-0.05, 0) is 22.4 Å². The quantitative estimate of drug-likeness (QED) is 0.857. The lowest BCUT2D eigenvalue weighted by molar-refractivity contribution is 0.441.